The van der Waals surface area contributed by atoms with E-state index in [1.54, 1.807) is 0 Å². The van der Waals surface area contributed by atoms with E-state index >= 15 is 0 Å². The second kappa shape index (κ2) is 29.4. The first-order valence-electron chi connectivity index (χ1n) is 18.4. The molecule has 0 unspecified atom stereocenters. The number of unbranched alkanes of at least 4 members (excludes halogenated alkanes) is 24. The molecular weight excluding hydrogens is 474 g/mol. The fourth-order valence-corrected chi connectivity index (χ4v) is 6.00. The topological polar surface area (TPSA) is 23.1 Å². The van der Waals surface area contributed by atoms with E-state index in [1.807, 2.05) is 7.05 Å². The summed E-state index contributed by atoms with van der Waals surface area (Å²) in [5, 5.41) is 12.7. The Morgan fingerprint density at radius 3 is 0.718 bits per heavy atom. The van der Waals surface area contributed by atoms with Crippen molar-refractivity contribution in [2.24, 2.45) is 11.8 Å². The highest BCUT2D eigenvalue weighted by Gasteiger charge is 2.09. The molecule has 0 N–H and O–H groups in total. The Bertz CT molecular complexity index is 418. The van der Waals surface area contributed by atoms with Crippen LogP contribution in [0.25, 0.3) is 0 Å². The minimum absolute atomic E-state index is 0.00502. The van der Waals surface area contributed by atoms with Crippen LogP contribution in [0.5, 0.6) is 0 Å². The van der Waals surface area contributed by atoms with Crippen molar-refractivity contribution >= 4 is 0 Å². The van der Waals surface area contributed by atoms with Crippen molar-refractivity contribution in [3.63, 3.8) is 0 Å². The molecule has 0 saturated carbocycles. The molecule has 0 rings (SSSR count). The zero-order valence-corrected chi connectivity index (χ0v) is 28.2. The molecule has 0 fully saturated rings. The van der Waals surface area contributed by atoms with Gasteiger partial charge in [-0.05, 0) is 37.5 Å². The minimum Gasteiger partial charge on any atom is -0.633 e. The lowest BCUT2D eigenvalue weighted by molar-refractivity contribution is -0.861. The van der Waals surface area contributed by atoms with Crippen molar-refractivity contribution in [1.29, 1.82) is 0 Å². The highest BCUT2D eigenvalue weighted by Crippen LogP contribution is 2.17. The average molecular weight is 552 g/mol. The maximum atomic E-state index is 12.7. The van der Waals surface area contributed by atoms with E-state index in [9.17, 15) is 5.21 Å². The predicted molar refractivity (Wildman–Crippen MR) is 178 cm³/mol. The quantitative estimate of drug-likeness (QED) is 0.0463. The summed E-state index contributed by atoms with van der Waals surface area (Å²) < 4.78 is -0.00502. The summed E-state index contributed by atoms with van der Waals surface area (Å²) in [6, 6.07) is 0. The third kappa shape index (κ3) is 34.0. The van der Waals surface area contributed by atoms with Crippen molar-refractivity contribution in [3.8, 4) is 0 Å². The first-order chi connectivity index (χ1) is 18.8. The molecule has 236 valence electrons. The first kappa shape index (κ1) is 38.9. The summed E-state index contributed by atoms with van der Waals surface area (Å²) in [7, 11) is 1.91. The van der Waals surface area contributed by atoms with E-state index in [1.165, 1.54) is 167 Å². The SMILES string of the molecule is CC(C)CCCCCCCCCCCCCCC[N+](C)([O-])CCCCCCCCCCCCCCCC(C)C. The highest BCUT2D eigenvalue weighted by molar-refractivity contribution is 4.53. The van der Waals surface area contributed by atoms with Crippen LogP contribution in [0.4, 0.5) is 0 Å². The second-order valence-electron chi connectivity index (χ2n) is 14.3. The molecule has 0 aliphatic carbocycles. The van der Waals surface area contributed by atoms with Gasteiger partial charge in [-0.1, -0.05) is 182 Å². The zero-order chi connectivity index (χ0) is 28.9. The summed E-state index contributed by atoms with van der Waals surface area (Å²) in [5.74, 6) is 1.75. The third-order valence-corrected chi connectivity index (χ3v) is 8.83. The maximum absolute atomic E-state index is 12.7. The Balaban J connectivity index is 3.28. The molecule has 0 heterocycles. The molecule has 2 heteroatoms. The largest absolute Gasteiger partial charge is 0.633 e. The minimum atomic E-state index is -0.00502. The van der Waals surface area contributed by atoms with E-state index in [4.69, 9.17) is 0 Å². The molecule has 0 atom stereocenters. The van der Waals surface area contributed by atoms with Gasteiger partial charge < -0.3 is 9.85 Å². The summed E-state index contributed by atoms with van der Waals surface area (Å²) in [6.45, 7) is 11.0. The van der Waals surface area contributed by atoms with E-state index in [2.05, 4.69) is 27.7 Å². The van der Waals surface area contributed by atoms with Gasteiger partial charge in [0.1, 0.15) is 0 Å². The molecule has 0 aromatic rings. The Morgan fingerprint density at radius 1 is 0.333 bits per heavy atom. The lowest BCUT2D eigenvalue weighted by atomic mass is 10.0. The van der Waals surface area contributed by atoms with Crippen LogP contribution >= 0.6 is 0 Å². The molecular formula is C37H77NO. The van der Waals surface area contributed by atoms with E-state index < -0.39 is 0 Å². The first-order valence-corrected chi connectivity index (χ1v) is 18.4. The van der Waals surface area contributed by atoms with Crippen LogP contribution < -0.4 is 0 Å². The maximum Gasteiger partial charge on any atom is 0.0781 e. The monoisotopic (exact) mass is 552 g/mol. The smallest absolute Gasteiger partial charge is 0.0781 e. The lowest BCUT2D eigenvalue weighted by Gasteiger charge is -2.39. The predicted octanol–water partition coefficient (Wildman–Crippen LogP) is 13.2. The zero-order valence-electron chi connectivity index (χ0n) is 28.2. The number of hydroxylamine groups is 3. The molecule has 0 spiro atoms. The molecule has 0 aromatic heterocycles. The molecule has 0 amide bonds. The normalized spacial score (nSPS) is 12.3. The fourth-order valence-electron chi connectivity index (χ4n) is 6.00. The Labute approximate surface area is 249 Å². The van der Waals surface area contributed by atoms with E-state index in [0.717, 1.165) is 37.8 Å². The van der Waals surface area contributed by atoms with Crippen LogP contribution in [0.2, 0.25) is 0 Å². The number of rotatable bonds is 32. The average Bonchev–Trinajstić information content (AvgIpc) is 2.88. The van der Waals surface area contributed by atoms with Crippen LogP contribution in [0.15, 0.2) is 0 Å². The standard InChI is InChI=1S/C37H77NO/c1-36(2)32-28-24-20-16-12-8-6-10-14-18-22-26-30-34-38(5,39)35-31-27-23-19-15-11-7-9-13-17-21-25-29-33-37(3)4/h36-37H,6-35H2,1-5H3. The van der Waals surface area contributed by atoms with Gasteiger partial charge in [0, 0.05) is 0 Å². The third-order valence-electron chi connectivity index (χ3n) is 8.83. The van der Waals surface area contributed by atoms with Crippen LogP contribution in [0.3, 0.4) is 0 Å². The van der Waals surface area contributed by atoms with Gasteiger partial charge in [-0.25, -0.2) is 0 Å². The number of quaternary nitrogens is 1. The second-order valence-corrected chi connectivity index (χ2v) is 14.3. The van der Waals surface area contributed by atoms with Crippen LogP contribution in [-0.2, 0) is 0 Å². The van der Waals surface area contributed by atoms with Gasteiger partial charge in [0.05, 0.1) is 20.1 Å². The lowest BCUT2D eigenvalue weighted by Crippen LogP contribution is -2.39. The Kier molecular flexibility index (Phi) is 29.4. The molecule has 0 aliphatic heterocycles. The number of hydrogen-bond donors (Lipinski definition) is 0. The van der Waals surface area contributed by atoms with Crippen LogP contribution in [0, 0.1) is 17.0 Å². The summed E-state index contributed by atoms with van der Waals surface area (Å²) in [5.41, 5.74) is 0. The van der Waals surface area contributed by atoms with Crippen molar-refractivity contribution in [2.45, 2.75) is 207 Å². The Morgan fingerprint density at radius 2 is 0.513 bits per heavy atom. The van der Waals surface area contributed by atoms with Crippen molar-refractivity contribution < 1.29 is 4.65 Å². The van der Waals surface area contributed by atoms with Crippen molar-refractivity contribution in [1.82, 2.24) is 0 Å². The summed E-state index contributed by atoms with van der Waals surface area (Å²) >= 11 is 0. The summed E-state index contributed by atoms with van der Waals surface area (Å²) in [4.78, 5) is 0. The van der Waals surface area contributed by atoms with Crippen LogP contribution in [-0.4, -0.2) is 24.8 Å². The summed E-state index contributed by atoms with van der Waals surface area (Å²) in [6.07, 6.45) is 38.8. The van der Waals surface area contributed by atoms with Crippen LogP contribution in [0.1, 0.15) is 207 Å². The van der Waals surface area contributed by atoms with Gasteiger partial charge in [-0.2, -0.15) is 0 Å². The van der Waals surface area contributed by atoms with Gasteiger partial charge in [0.2, 0.25) is 0 Å². The molecule has 2 nitrogen and oxygen atoms in total. The Hall–Kier alpha value is -0.0800. The van der Waals surface area contributed by atoms with Crippen molar-refractivity contribution in [3.05, 3.63) is 5.21 Å². The molecule has 0 aliphatic rings. The fraction of sp³-hybridized carbons (Fsp3) is 1.00. The van der Waals surface area contributed by atoms with Gasteiger partial charge in [0.25, 0.3) is 0 Å². The molecule has 39 heavy (non-hydrogen) atoms. The van der Waals surface area contributed by atoms with E-state index in [-0.39, 0.29) is 4.65 Å². The van der Waals surface area contributed by atoms with Gasteiger partial charge >= 0.3 is 0 Å². The number of hydrogen-bond acceptors (Lipinski definition) is 1. The molecule has 0 saturated heterocycles. The van der Waals surface area contributed by atoms with Crippen molar-refractivity contribution in [2.75, 3.05) is 20.1 Å². The van der Waals surface area contributed by atoms with Gasteiger partial charge in [-0.15, -0.1) is 0 Å². The molecule has 0 radical (unpaired) electrons. The van der Waals surface area contributed by atoms with E-state index in [0.29, 0.717) is 0 Å². The number of nitrogens with zero attached hydrogens (tertiary/aromatic N) is 1. The molecule has 0 bridgehead atoms. The van der Waals surface area contributed by atoms with Gasteiger partial charge in [-0.3, -0.25) is 0 Å². The molecule has 0 aromatic carbocycles. The highest BCUT2D eigenvalue weighted by atomic mass is 16.5. The van der Waals surface area contributed by atoms with Gasteiger partial charge in [0.15, 0.2) is 0 Å².